The zero-order chi connectivity index (χ0) is 17.5. The minimum atomic E-state index is 0.155. The number of carbonyl (C=O) groups excluding carboxylic acids is 1. The normalized spacial score (nSPS) is 25.2. The van der Waals surface area contributed by atoms with Gasteiger partial charge in [0.2, 0.25) is 5.91 Å². The molecule has 2 atom stereocenters. The minimum Gasteiger partial charge on any atom is -0.396 e. The Bertz CT molecular complexity index is 518. The van der Waals surface area contributed by atoms with Gasteiger partial charge in [-0.25, -0.2) is 4.98 Å². The standard InChI is InChI=1S/C17H29N5O3/c23-12-16-8-15(9-20-4-6-25-7-5-20)10-21(11-16)17(24)2-1-3-22-14-18-13-19-22/h13-16,23H,1-12H2. The fourth-order valence-electron chi connectivity index (χ4n) is 3.83. The zero-order valence-corrected chi connectivity index (χ0v) is 14.8. The number of piperidine rings is 1. The summed E-state index contributed by atoms with van der Waals surface area (Å²) in [6.45, 7) is 6.85. The number of ether oxygens (including phenoxy) is 1. The van der Waals surface area contributed by atoms with Crippen molar-refractivity contribution in [3.63, 3.8) is 0 Å². The first-order chi connectivity index (χ1) is 12.2. The molecule has 2 aliphatic heterocycles. The average Bonchev–Trinajstić information content (AvgIpc) is 3.15. The highest BCUT2D eigenvalue weighted by Gasteiger charge is 2.30. The van der Waals surface area contributed by atoms with Crippen LogP contribution in [0.4, 0.5) is 0 Å². The van der Waals surface area contributed by atoms with Crippen LogP contribution in [-0.2, 0) is 16.1 Å². The van der Waals surface area contributed by atoms with Gasteiger partial charge in [0.05, 0.1) is 13.2 Å². The lowest BCUT2D eigenvalue weighted by atomic mass is 9.89. The van der Waals surface area contributed by atoms with Crippen molar-refractivity contribution in [1.29, 1.82) is 0 Å². The Labute approximate surface area is 148 Å². The van der Waals surface area contributed by atoms with Crippen molar-refractivity contribution in [1.82, 2.24) is 24.6 Å². The molecular formula is C17H29N5O3. The summed E-state index contributed by atoms with van der Waals surface area (Å²) in [5.74, 6) is 0.813. The molecule has 0 bridgehead atoms. The van der Waals surface area contributed by atoms with Crippen molar-refractivity contribution < 1.29 is 14.6 Å². The van der Waals surface area contributed by atoms with Crippen LogP contribution in [0.15, 0.2) is 12.7 Å². The minimum absolute atomic E-state index is 0.155. The third kappa shape index (κ3) is 5.49. The summed E-state index contributed by atoms with van der Waals surface area (Å²) >= 11 is 0. The predicted octanol–water partition coefficient (Wildman–Crippen LogP) is -0.152. The Morgan fingerprint density at radius 3 is 2.76 bits per heavy atom. The highest BCUT2D eigenvalue weighted by Crippen LogP contribution is 2.24. The van der Waals surface area contributed by atoms with Crippen molar-refractivity contribution in [2.24, 2.45) is 11.8 Å². The molecule has 8 heteroatoms. The molecule has 0 aliphatic carbocycles. The SMILES string of the molecule is O=C(CCCn1cncn1)N1CC(CO)CC(CN2CCOCC2)C1. The molecule has 2 unspecified atom stereocenters. The summed E-state index contributed by atoms with van der Waals surface area (Å²) in [5.41, 5.74) is 0. The van der Waals surface area contributed by atoms with E-state index in [1.54, 1.807) is 11.0 Å². The van der Waals surface area contributed by atoms with Gasteiger partial charge in [0, 0.05) is 52.3 Å². The molecule has 1 amide bonds. The number of amides is 1. The van der Waals surface area contributed by atoms with Crippen LogP contribution in [0.3, 0.4) is 0 Å². The molecule has 1 aromatic heterocycles. The van der Waals surface area contributed by atoms with Crippen molar-refractivity contribution in [3.05, 3.63) is 12.7 Å². The summed E-state index contributed by atoms with van der Waals surface area (Å²) in [4.78, 5) is 20.9. The number of morpholine rings is 1. The lowest BCUT2D eigenvalue weighted by molar-refractivity contribution is -0.135. The van der Waals surface area contributed by atoms with Crippen LogP contribution >= 0.6 is 0 Å². The molecule has 3 heterocycles. The lowest BCUT2D eigenvalue weighted by Gasteiger charge is -2.40. The number of nitrogens with zero attached hydrogens (tertiary/aromatic N) is 5. The first-order valence-corrected chi connectivity index (χ1v) is 9.25. The third-order valence-electron chi connectivity index (χ3n) is 5.10. The fourth-order valence-corrected chi connectivity index (χ4v) is 3.83. The van der Waals surface area contributed by atoms with Gasteiger partial charge in [-0.05, 0) is 24.7 Å². The summed E-state index contributed by atoms with van der Waals surface area (Å²) in [6, 6.07) is 0. The average molecular weight is 351 g/mol. The largest absolute Gasteiger partial charge is 0.396 e. The second-order valence-corrected chi connectivity index (χ2v) is 7.12. The van der Waals surface area contributed by atoms with Gasteiger partial charge in [-0.1, -0.05) is 0 Å². The molecule has 0 spiro atoms. The Morgan fingerprint density at radius 1 is 1.24 bits per heavy atom. The van der Waals surface area contributed by atoms with Gasteiger partial charge in [-0.2, -0.15) is 5.10 Å². The van der Waals surface area contributed by atoms with Gasteiger partial charge in [0.25, 0.3) is 0 Å². The molecule has 1 N–H and O–H groups in total. The fraction of sp³-hybridized carbons (Fsp3) is 0.824. The van der Waals surface area contributed by atoms with Crippen LogP contribution in [0.1, 0.15) is 19.3 Å². The quantitative estimate of drug-likeness (QED) is 0.735. The first kappa shape index (κ1) is 18.3. The van der Waals surface area contributed by atoms with E-state index in [2.05, 4.69) is 15.0 Å². The molecule has 2 fully saturated rings. The van der Waals surface area contributed by atoms with E-state index < -0.39 is 0 Å². The monoisotopic (exact) mass is 351 g/mol. The molecule has 0 radical (unpaired) electrons. The topological polar surface area (TPSA) is 83.7 Å². The van der Waals surface area contributed by atoms with Crippen LogP contribution in [-0.4, -0.2) is 88.1 Å². The number of hydrogen-bond donors (Lipinski definition) is 1. The number of aliphatic hydroxyl groups excluding tert-OH is 1. The van der Waals surface area contributed by atoms with Crippen molar-refractivity contribution in [2.75, 3.05) is 52.5 Å². The molecule has 3 rings (SSSR count). The van der Waals surface area contributed by atoms with Crippen LogP contribution < -0.4 is 0 Å². The molecule has 140 valence electrons. The zero-order valence-electron chi connectivity index (χ0n) is 14.8. The van der Waals surface area contributed by atoms with E-state index in [1.807, 2.05) is 4.90 Å². The Balaban J connectivity index is 1.47. The second-order valence-electron chi connectivity index (χ2n) is 7.12. The van der Waals surface area contributed by atoms with Gasteiger partial charge < -0.3 is 14.7 Å². The number of aromatic nitrogens is 3. The third-order valence-corrected chi connectivity index (χ3v) is 5.10. The maximum atomic E-state index is 12.6. The predicted molar refractivity (Wildman–Crippen MR) is 91.8 cm³/mol. The van der Waals surface area contributed by atoms with E-state index in [-0.39, 0.29) is 18.4 Å². The van der Waals surface area contributed by atoms with E-state index in [1.165, 1.54) is 6.33 Å². The van der Waals surface area contributed by atoms with Crippen LogP contribution in [0.5, 0.6) is 0 Å². The van der Waals surface area contributed by atoms with Gasteiger partial charge in [0.15, 0.2) is 0 Å². The molecule has 25 heavy (non-hydrogen) atoms. The number of likely N-dealkylation sites (tertiary alicyclic amines) is 1. The lowest BCUT2D eigenvalue weighted by Crippen LogP contribution is -2.49. The second kappa shape index (κ2) is 9.26. The number of aryl methyl sites for hydroxylation is 1. The van der Waals surface area contributed by atoms with Gasteiger partial charge in [0.1, 0.15) is 12.7 Å². The number of aliphatic hydroxyl groups is 1. The number of rotatable bonds is 7. The van der Waals surface area contributed by atoms with Crippen molar-refractivity contribution >= 4 is 5.91 Å². The van der Waals surface area contributed by atoms with Crippen molar-refractivity contribution in [2.45, 2.75) is 25.8 Å². The summed E-state index contributed by atoms with van der Waals surface area (Å²) in [5, 5.41) is 13.7. The smallest absolute Gasteiger partial charge is 0.222 e. The van der Waals surface area contributed by atoms with Crippen LogP contribution in [0, 0.1) is 11.8 Å². The molecule has 2 saturated heterocycles. The van der Waals surface area contributed by atoms with E-state index in [4.69, 9.17) is 4.74 Å². The van der Waals surface area contributed by atoms with Crippen LogP contribution in [0.25, 0.3) is 0 Å². The molecule has 0 aromatic carbocycles. The molecule has 2 aliphatic rings. The summed E-state index contributed by atoms with van der Waals surface area (Å²) < 4.78 is 7.16. The molecule has 0 saturated carbocycles. The molecule has 1 aromatic rings. The maximum Gasteiger partial charge on any atom is 0.222 e. The number of carbonyl (C=O) groups is 1. The van der Waals surface area contributed by atoms with Crippen molar-refractivity contribution in [3.8, 4) is 0 Å². The summed E-state index contributed by atoms with van der Waals surface area (Å²) in [6.07, 6.45) is 5.45. The highest BCUT2D eigenvalue weighted by molar-refractivity contribution is 5.76. The molecular weight excluding hydrogens is 322 g/mol. The Morgan fingerprint density at radius 2 is 2.04 bits per heavy atom. The first-order valence-electron chi connectivity index (χ1n) is 9.25. The van der Waals surface area contributed by atoms with Gasteiger partial charge >= 0.3 is 0 Å². The van der Waals surface area contributed by atoms with E-state index >= 15 is 0 Å². The Hall–Kier alpha value is -1.51. The highest BCUT2D eigenvalue weighted by atomic mass is 16.5. The van der Waals surface area contributed by atoms with E-state index in [0.717, 1.165) is 52.2 Å². The van der Waals surface area contributed by atoms with Crippen LogP contribution in [0.2, 0.25) is 0 Å². The Kier molecular flexibility index (Phi) is 6.77. The number of hydrogen-bond acceptors (Lipinski definition) is 6. The van der Waals surface area contributed by atoms with E-state index in [9.17, 15) is 9.90 Å². The van der Waals surface area contributed by atoms with Gasteiger partial charge in [-0.15, -0.1) is 0 Å². The molecule has 8 nitrogen and oxygen atoms in total. The van der Waals surface area contributed by atoms with Gasteiger partial charge in [-0.3, -0.25) is 14.4 Å². The maximum absolute atomic E-state index is 12.6. The summed E-state index contributed by atoms with van der Waals surface area (Å²) in [7, 11) is 0. The van der Waals surface area contributed by atoms with E-state index in [0.29, 0.717) is 25.4 Å².